The summed E-state index contributed by atoms with van der Waals surface area (Å²) in [7, 11) is 0. The van der Waals surface area contributed by atoms with Gasteiger partial charge in [0.1, 0.15) is 0 Å². The SMILES string of the molecule is Cc1cccc([C@H](C)NC(=O)C(F)(F)F)c1. The molecule has 0 heterocycles. The Bertz CT molecular complexity index is 387. The number of benzene rings is 1. The molecule has 0 aliphatic carbocycles. The first-order chi connectivity index (χ1) is 7.30. The molecule has 0 aromatic heterocycles. The van der Waals surface area contributed by atoms with Crippen LogP contribution in [0.5, 0.6) is 0 Å². The maximum absolute atomic E-state index is 12.0. The van der Waals surface area contributed by atoms with Crippen LogP contribution in [0.4, 0.5) is 13.2 Å². The van der Waals surface area contributed by atoms with E-state index in [0.717, 1.165) is 5.56 Å². The van der Waals surface area contributed by atoms with Crippen LogP contribution >= 0.6 is 0 Å². The van der Waals surface area contributed by atoms with E-state index in [1.54, 1.807) is 18.2 Å². The molecule has 1 aromatic carbocycles. The second kappa shape index (κ2) is 4.55. The maximum atomic E-state index is 12.0. The molecule has 0 aliphatic heterocycles. The molecule has 5 heteroatoms. The molecule has 0 spiro atoms. The van der Waals surface area contributed by atoms with E-state index in [2.05, 4.69) is 0 Å². The van der Waals surface area contributed by atoms with Crippen molar-refractivity contribution in [1.82, 2.24) is 5.32 Å². The fourth-order valence-corrected chi connectivity index (χ4v) is 1.30. The highest BCUT2D eigenvalue weighted by molar-refractivity contribution is 5.82. The van der Waals surface area contributed by atoms with Crippen LogP contribution in [-0.2, 0) is 4.79 Å². The number of nitrogens with one attached hydrogen (secondary N) is 1. The van der Waals surface area contributed by atoms with Gasteiger partial charge in [-0.1, -0.05) is 29.8 Å². The second-order valence-electron chi connectivity index (χ2n) is 3.61. The van der Waals surface area contributed by atoms with Crippen molar-refractivity contribution in [2.75, 3.05) is 0 Å². The Balaban J connectivity index is 2.73. The molecular weight excluding hydrogens is 219 g/mol. The fraction of sp³-hybridized carbons (Fsp3) is 0.364. The molecule has 1 rings (SSSR count). The van der Waals surface area contributed by atoms with Gasteiger partial charge < -0.3 is 5.32 Å². The Hall–Kier alpha value is -1.52. The minimum atomic E-state index is -4.84. The summed E-state index contributed by atoms with van der Waals surface area (Å²) in [6, 6.07) is 6.33. The van der Waals surface area contributed by atoms with Crippen LogP contribution in [-0.4, -0.2) is 12.1 Å². The van der Waals surface area contributed by atoms with Crippen LogP contribution in [0.25, 0.3) is 0 Å². The van der Waals surface area contributed by atoms with Crippen molar-refractivity contribution >= 4 is 5.91 Å². The third-order valence-corrected chi connectivity index (χ3v) is 2.15. The van der Waals surface area contributed by atoms with Crippen molar-refractivity contribution in [3.63, 3.8) is 0 Å². The zero-order chi connectivity index (χ0) is 12.3. The monoisotopic (exact) mass is 231 g/mol. The average Bonchev–Trinajstić information content (AvgIpc) is 2.16. The van der Waals surface area contributed by atoms with Gasteiger partial charge in [-0.15, -0.1) is 0 Å². The summed E-state index contributed by atoms with van der Waals surface area (Å²) >= 11 is 0. The molecule has 0 bridgehead atoms. The van der Waals surface area contributed by atoms with Gasteiger partial charge in [0.2, 0.25) is 0 Å². The highest BCUT2D eigenvalue weighted by atomic mass is 19.4. The second-order valence-corrected chi connectivity index (χ2v) is 3.61. The maximum Gasteiger partial charge on any atom is 0.471 e. The van der Waals surface area contributed by atoms with Gasteiger partial charge in [-0.2, -0.15) is 13.2 Å². The van der Waals surface area contributed by atoms with Crippen molar-refractivity contribution in [1.29, 1.82) is 0 Å². The molecule has 0 saturated carbocycles. The van der Waals surface area contributed by atoms with Gasteiger partial charge in [0.15, 0.2) is 0 Å². The smallest absolute Gasteiger partial charge is 0.342 e. The van der Waals surface area contributed by atoms with Crippen LogP contribution in [0.3, 0.4) is 0 Å². The first kappa shape index (κ1) is 12.5. The van der Waals surface area contributed by atoms with Crippen LogP contribution in [0.15, 0.2) is 24.3 Å². The van der Waals surface area contributed by atoms with E-state index < -0.39 is 18.1 Å². The minimum absolute atomic E-state index is 0.651. The third kappa shape index (κ3) is 3.25. The van der Waals surface area contributed by atoms with E-state index in [9.17, 15) is 18.0 Å². The molecule has 0 radical (unpaired) electrons. The van der Waals surface area contributed by atoms with Crippen LogP contribution < -0.4 is 5.32 Å². The Labute approximate surface area is 91.5 Å². The molecule has 0 fully saturated rings. The van der Waals surface area contributed by atoms with E-state index >= 15 is 0 Å². The predicted molar refractivity (Wildman–Crippen MR) is 53.8 cm³/mol. The predicted octanol–water partition coefficient (Wildman–Crippen LogP) is 2.73. The molecule has 16 heavy (non-hydrogen) atoms. The van der Waals surface area contributed by atoms with Crippen LogP contribution in [0, 0.1) is 6.92 Å². The molecule has 1 aromatic rings. The summed E-state index contributed by atoms with van der Waals surface area (Å²) in [6.45, 7) is 3.35. The van der Waals surface area contributed by atoms with Gasteiger partial charge in [-0.05, 0) is 19.4 Å². The number of carbonyl (C=O) groups excluding carboxylic acids is 1. The highest BCUT2D eigenvalue weighted by Crippen LogP contribution is 2.19. The molecule has 0 aliphatic rings. The van der Waals surface area contributed by atoms with Crippen molar-refractivity contribution in [2.45, 2.75) is 26.1 Å². The lowest BCUT2D eigenvalue weighted by Gasteiger charge is -2.15. The van der Waals surface area contributed by atoms with Gasteiger partial charge in [0, 0.05) is 0 Å². The van der Waals surface area contributed by atoms with E-state index in [1.165, 1.54) is 6.92 Å². The third-order valence-electron chi connectivity index (χ3n) is 2.15. The zero-order valence-electron chi connectivity index (χ0n) is 8.93. The van der Waals surface area contributed by atoms with E-state index in [-0.39, 0.29) is 0 Å². The number of rotatable bonds is 2. The Kier molecular flexibility index (Phi) is 3.57. The molecule has 0 unspecified atom stereocenters. The zero-order valence-corrected chi connectivity index (χ0v) is 8.93. The summed E-state index contributed by atoms with van der Waals surface area (Å²) in [5.74, 6) is -1.92. The molecule has 1 amide bonds. The van der Waals surface area contributed by atoms with Gasteiger partial charge >= 0.3 is 12.1 Å². The van der Waals surface area contributed by atoms with Crippen LogP contribution in [0.2, 0.25) is 0 Å². The topological polar surface area (TPSA) is 29.1 Å². The number of alkyl halides is 3. The molecule has 1 atom stereocenters. The fourth-order valence-electron chi connectivity index (χ4n) is 1.30. The number of hydrogen-bond acceptors (Lipinski definition) is 1. The Morgan fingerprint density at radius 3 is 2.50 bits per heavy atom. The minimum Gasteiger partial charge on any atom is -0.342 e. The number of hydrogen-bond donors (Lipinski definition) is 1. The van der Waals surface area contributed by atoms with E-state index in [0.29, 0.717) is 5.56 Å². The van der Waals surface area contributed by atoms with Gasteiger partial charge in [-0.3, -0.25) is 4.79 Å². The summed E-state index contributed by atoms with van der Waals surface area (Å²) in [4.78, 5) is 10.7. The van der Waals surface area contributed by atoms with Crippen molar-refractivity contribution < 1.29 is 18.0 Å². The van der Waals surface area contributed by atoms with Crippen molar-refractivity contribution in [2.24, 2.45) is 0 Å². The lowest BCUT2D eigenvalue weighted by Crippen LogP contribution is -2.38. The van der Waals surface area contributed by atoms with Gasteiger partial charge in [0.25, 0.3) is 0 Å². The molecular formula is C11H12F3NO. The summed E-state index contributed by atoms with van der Waals surface area (Å²) in [5, 5.41) is 1.90. The van der Waals surface area contributed by atoms with E-state index in [1.807, 2.05) is 18.3 Å². The van der Waals surface area contributed by atoms with Gasteiger partial charge in [-0.25, -0.2) is 0 Å². The lowest BCUT2D eigenvalue weighted by atomic mass is 10.1. The van der Waals surface area contributed by atoms with Gasteiger partial charge in [0.05, 0.1) is 6.04 Å². The van der Waals surface area contributed by atoms with Crippen molar-refractivity contribution in [3.05, 3.63) is 35.4 Å². The van der Waals surface area contributed by atoms with Crippen molar-refractivity contribution in [3.8, 4) is 0 Å². The quantitative estimate of drug-likeness (QED) is 0.833. The Morgan fingerprint density at radius 2 is 2.00 bits per heavy atom. The summed E-state index contributed by atoms with van der Waals surface area (Å²) in [6.07, 6.45) is -4.84. The summed E-state index contributed by atoms with van der Waals surface area (Å²) < 4.78 is 36.0. The molecule has 0 saturated heterocycles. The molecule has 88 valence electrons. The number of aryl methyl sites for hydroxylation is 1. The molecule has 1 N–H and O–H groups in total. The first-order valence-corrected chi connectivity index (χ1v) is 4.75. The highest BCUT2D eigenvalue weighted by Gasteiger charge is 2.39. The first-order valence-electron chi connectivity index (χ1n) is 4.75. The number of halogens is 3. The van der Waals surface area contributed by atoms with Crippen LogP contribution in [0.1, 0.15) is 24.1 Å². The normalized spacial score (nSPS) is 13.3. The lowest BCUT2D eigenvalue weighted by molar-refractivity contribution is -0.174. The largest absolute Gasteiger partial charge is 0.471 e. The number of carbonyl (C=O) groups is 1. The number of amides is 1. The Morgan fingerprint density at radius 1 is 1.38 bits per heavy atom. The average molecular weight is 231 g/mol. The van der Waals surface area contributed by atoms with E-state index in [4.69, 9.17) is 0 Å². The standard InChI is InChI=1S/C11H12F3NO/c1-7-4-3-5-9(6-7)8(2)15-10(16)11(12,13)14/h3-6,8H,1-2H3,(H,15,16)/t8-/m0/s1. The molecule has 2 nitrogen and oxygen atoms in total. The summed E-state index contributed by atoms with van der Waals surface area (Å²) in [5.41, 5.74) is 1.59.